The lowest BCUT2D eigenvalue weighted by atomic mass is 10.2. The van der Waals surface area contributed by atoms with Crippen LogP contribution in [-0.4, -0.2) is 51.8 Å². The third kappa shape index (κ3) is 4.55. The number of amides is 1. The minimum atomic E-state index is -4.49. The van der Waals surface area contributed by atoms with Crippen LogP contribution in [0.3, 0.4) is 0 Å². The molecule has 0 unspecified atom stereocenters. The zero-order valence-corrected chi connectivity index (χ0v) is 17.0. The maximum absolute atomic E-state index is 12.8. The number of aromatic nitrogens is 3. The molecule has 1 saturated heterocycles. The van der Waals surface area contributed by atoms with Crippen molar-refractivity contribution < 1.29 is 18.0 Å². The summed E-state index contributed by atoms with van der Waals surface area (Å²) in [6, 6.07) is 0.878. The van der Waals surface area contributed by atoms with Crippen LogP contribution in [0, 0.1) is 13.8 Å². The quantitative estimate of drug-likeness (QED) is 0.704. The number of pyridine rings is 1. The predicted octanol–water partition coefficient (Wildman–Crippen LogP) is 3.47. The molecule has 29 heavy (non-hydrogen) atoms. The van der Waals surface area contributed by atoms with Crippen LogP contribution in [0.2, 0.25) is 5.02 Å². The van der Waals surface area contributed by atoms with Gasteiger partial charge >= 0.3 is 6.18 Å². The number of carbonyl (C=O) groups is 1. The number of carbonyl (C=O) groups excluding carboxylic acids is 1. The maximum atomic E-state index is 12.8. The molecule has 0 bridgehead atoms. The van der Waals surface area contributed by atoms with E-state index in [0.29, 0.717) is 32.0 Å². The second-order valence-corrected chi connectivity index (χ2v) is 7.29. The fourth-order valence-corrected chi connectivity index (χ4v) is 3.53. The van der Waals surface area contributed by atoms with Crippen LogP contribution in [0.5, 0.6) is 0 Å². The number of nitrogens with zero attached hydrogens (tertiary/aromatic N) is 5. The van der Waals surface area contributed by atoms with E-state index in [-0.39, 0.29) is 10.9 Å². The predicted molar refractivity (Wildman–Crippen MR) is 105 cm³/mol. The summed E-state index contributed by atoms with van der Waals surface area (Å²) < 4.78 is 40.0. The third-order valence-electron chi connectivity index (χ3n) is 5.00. The molecule has 2 aromatic heterocycles. The zero-order valence-electron chi connectivity index (χ0n) is 16.3. The van der Waals surface area contributed by atoms with Gasteiger partial charge in [-0.05, 0) is 26.0 Å². The van der Waals surface area contributed by atoms with Crippen LogP contribution in [0.15, 0.2) is 18.3 Å². The minimum absolute atomic E-state index is 0.0537. The first-order chi connectivity index (χ1) is 13.6. The number of alkyl halides is 3. The molecule has 156 valence electrons. The molecule has 0 aliphatic carbocycles. The fraction of sp³-hybridized carbons (Fsp3) is 0.421. The lowest BCUT2D eigenvalue weighted by Gasteiger charge is -2.35. The molecule has 1 amide bonds. The Morgan fingerprint density at radius 2 is 1.86 bits per heavy atom. The van der Waals surface area contributed by atoms with Gasteiger partial charge in [0.25, 0.3) is 0 Å². The highest BCUT2D eigenvalue weighted by Crippen LogP contribution is 2.33. The van der Waals surface area contributed by atoms with Gasteiger partial charge in [0.1, 0.15) is 5.82 Å². The van der Waals surface area contributed by atoms with E-state index in [1.165, 1.54) is 6.08 Å². The van der Waals surface area contributed by atoms with Crippen molar-refractivity contribution >= 4 is 29.4 Å². The van der Waals surface area contributed by atoms with Crippen LogP contribution in [-0.2, 0) is 18.0 Å². The molecule has 3 heterocycles. The number of anilines is 1. The first-order valence-electron chi connectivity index (χ1n) is 9.03. The number of halogens is 4. The van der Waals surface area contributed by atoms with E-state index in [0.717, 1.165) is 29.2 Å². The summed E-state index contributed by atoms with van der Waals surface area (Å²) >= 11 is 6.01. The van der Waals surface area contributed by atoms with Crippen molar-refractivity contribution in [1.82, 2.24) is 19.7 Å². The molecule has 0 atom stereocenters. The van der Waals surface area contributed by atoms with Gasteiger partial charge in [-0.3, -0.25) is 9.48 Å². The molecule has 1 aliphatic heterocycles. The Hall–Kier alpha value is -2.55. The molecule has 1 fully saturated rings. The Balaban J connectivity index is 1.63. The molecule has 2 aromatic rings. The van der Waals surface area contributed by atoms with Crippen LogP contribution < -0.4 is 4.90 Å². The first-order valence-corrected chi connectivity index (χ1v) is 9.40. The Kier molecular flexibility index (Phi) is 5.88. The van der Waals surface area contributed by atoms with Crippen LogP contribution in [0.4, 0.5) is 19.0 Å². The van der Waals surface area contributed by atoms with Crippen molar-refractivity contribution in [3.63, 3.8) is 0 Å². The van der Waals surface area contributed by atoms with Crippen LogP contribution in [0.25, 0.3) is 6.08 Å². The average molecular weight is 428 g/mol. The number of piperazine rings is 1. The van der Waals surface area contributed by atoms with Crippen molar-refractivity contribution in [2.45, 2.75) is 20.0 Å². The highest BCUT2D eigenvalue weighted by Gasteiger charge is 2.32. The van der Waals surface area contributed by atoms with Gasteiger partial charge in [0.15, 0.2) is 0 Å². The van der Waals surface area contributed by atoms with Gasteiger partial charge in [-0.15, -0.1) is 0 Å². The Morgan fingerprint density at radius 3 is 2.38 bits per heavy atom. The number of hydrogen-bond acceptors (Lipinski definition) is 4. The van der Waals surface area contributed by atoms with Crippen molar-refractivity contribution in [3.05, 3.63) is 45.9 Å². The second kappa shape index (κ2) is 8.06. The Labute approximate surface area is 171 Å². The lowest BCUT2D eigenvalue weighted by molar-refractivity contribution is -0.137. The van der Waals surface area contributed by atoms with Gasteiger partial charge in [-0.25, -0.2) is 4.98 Å². The molecule has 6 nitrogen and oxygen atoms in total. The van der Waals surface area contributed by atoms with E-state index in [2.05, 4.69) is 10.1 Å². The van der Waals surface area contributed by atoms with Crippen molar-refractivity contribution in [2.75, 3.05) is 31.1 Å². The van der Waals surface area contributed by atoms with E-state index in [1.807, 2.05) is 20.9 Å². The molecular weight excluding hydrogens is 407 g/mol. The van der Waals surface area contributed by atoms with Gasteiger partial charge < -0.3 is 9.80 Å². The summed E-state index contributed by atoms with van der Waals surface area (Å²) in [7, 11) is 1.85. The molecule has 10 heteroatoms. The van der Waals surface area contributed by atoms with Crippen LogP contribution in [0.1, 0.15) is 22.5 Å². The molecule has 0 radical (unpaired) electrons. The Bertz CT molecular complexity index is 946. The molecule has 3 rings (SSSR count). The highest BCUT2D eigenvalue weighted by molar-refractivity contribution is 6.33. The van der Waals surface area contributed by atoms with E-state index >= 15 is 0 Å². The van der Waals surface area contributed by atoms with Crippen molar-refractivity contribution in [3.8, 4) is 0 Å². The average Bonchev–Trinajstić information content (AvgIpc) is 2.91. The van der Waals surface area contributed by atoms with Crippen LogP contribution >= 0.6 is 11.6 Å². The standard InChI is InChI=1S/C19H21ClF3N5O/c1-12-15(13(2)26(3)25-12)4-5-17(29)27-6-8-28(9-7-27)18-16(20)10-14(11-24-18)19(21,22)23/h4-5,10-11H,6-9H2,1-3H3. The summed E-state index contributed by atoms with van der Waals surface area (Å²) in [6.07, 6.45) is -0.422. The maximum Gasteiger partial charge on any atom is 0.417 e. The number of aryl methyl sites for hydroxylation is 2. The smallest absolute Gasteiger partial charge is 0.352 e. The third-order valence-corrected chi connectivity index (χ3v) is 5.28. The van der Waals surface area contributed by atoms with Gasteiger partial charge in [0.2, 0.25) is 5.91 Å². The molecular formula is C19H21ClF3N5O. The molecule has 0 spiro atoms. The van der Waals surface area contributed by atoms with Gasteiger partial charge in [0.05, 0.1) is 16.3 Å². The minimum Gasteiger partial charge on any atom is -0.352 e. The van der Waals surface area contributed by atoms with Crippen molar-refractivity contribution in [2.24, 2.45) is 7.05 Å². The van der Waals surface area contributed by atoms with E-state index < -0.39 is 11.7 Å². The van der Waals surface area contributed by atoms with Crippen molar-refractivity contribution in [1.29, 1.82) is 0 Å². The molecule has 0 aromatic carbocycles. The Morgan fingerprint density at radius 1 is 1.21 bits per heavy atom. The van der Waals surface area contributed by atoms with Gasteiger partial charge in [0, 0.05) is 56.8 Å². The highest BCUT2D eigenvalue weighted by atomic mass is 35.5. The van der Waals surface area contributed by atoms with Gasteiger partial charge in [-0.2, -0.15) is 18.3 Å². The fourth-order valence-electron chi connectivity index (χ4n) is 3.25. The molecule has 1 aliphatic rings. The summed E-state index contributed by atoms with van der Waals surface area (Å²) in [5, 5.41) is 4.26. The van der Waals surface area contributed by atoms with Gasteiger partial charge in [-0.1, -0.05) is 11.6 Å². The lowest BCUT2D eigenvalue weighted by Crippen LogP contribution is -2.48. The summed E-state index contributed by atoms with van der Waals surface area (Å²) in [5.74, 6) is 0.169. The summed E-state index contributed by atoms with van der Waals surface area (Å²) in [4.78, 5) is 19.8. The topological polar surface area (TPSA) is 54.3 Å². The summed E-state index contributed by atoms with van der Waals surface area (Å²) in [6.45, 7) is 5.53. The SMILES string of the molecule is Cc1nn(C)c(C)c1C=CC(=O)N1CCN(c2ncc(C(F)(F)F)cc2Cl)CC1. The first kappa shape index (κ1) is 21.2. The van der Waals surface area contributed by atoms with E-state index in [1.54, 1.807) is 20.6 Å². The van der Waals surface area contributed by atoms with E-state index in [9.17, 15) is 18.0 Å². The zero-order chi connectivity index (χ0) is 21.3. The normalized spacial score (nSPS) is 15.4. The molecule has 0 N–H and O–H groups in total. The number of hydrogen-bond donors (Lipinski definition) is 0. The number of rotatable bonds is 3. The molecule has 0 saturated carbocycles. The second-order valence-electron chi connectivity index (χ2n) is 6.88. The van der Waals surface area contributed by atoms with E-state index in [4.69, 9.17) is 11.6 Å². The summed E-state index contributed by atoms with van der Waals surface area (Å²) in [5.41, 5.74) is 1.85. The monoisotopic (exact) mass is 427 g/mol. The largest absolute Gasteiger partial charge is 0.417 e.